The molecule has 0 atom stereocenters. The summed E-state index contributed by atoms with van der Waals surface area (Å²) in [5.74, 6) is -0.134. The summed E-state index contributed by atoms with van der Waals surface area (Å²) >= 11 is 0. The van der Waals surface area contributed by atoms with Gasteiger partial charge in [-0.2, -0.15) is 0 Å². The maximum absolute atomic E-state index is 12.4. The number of sulfonamides is 1. The summed E-state index contributed by atoms with van der Waals surface area (Å²) in [6.07, 6.45) is 6.20. The number of anilines is 2. The van der Waals surface area contributed by atoms with E-state index in [1.165, 1.54) is 0 Å². The van der Waals surface area contributed by atoms with E-state index < -0.39 is 10.0 Å². The van der Waals surface area contributed by atoms with Crippen LogP contribution in [-0.4, -0.2) is 40.5 Å². The van der Waals surface area contributed by atoms with Crippen molar-refractivity contribution >= 4 is 38.6 Å². The molecule has 30 heavy (non-hydrogen) atoms. The number of pyridine rings is 1. The van der Waals surface area contributed by atoms with Crippen molar-refractivity contribution in [1.29, 1.82) is 0 Å². The summed E-state index contributed by atoms with van der Waals surface area (Å²) in [5, 5.41) is 3.60. The number of aromatic amines is 1. The van der Waals surface area contributed by atoms with Crippen molar-refractivity contribution in [3.8, 4) is 11.3 Å². The number of benzene rings is 1. The predicted molar refractivity (Wildman–Crippen MR) is 114 cm³/mol. The van der Waals surface area contributed by atoms with Crippen LogP contribution in [0.2, 0.25) is 0 Å². The number of hydrogen-bond acceptors (Lipinski definition) is 6. The normalized spacial score (nSPS) is 11.4. The van der Waals surface area contributed by atoms with Crippen molar-refractivity contribution in [1.82, 2.24) is 19.9 Å². The van der Waals surface area contributed by atoms with Gasteiger partial charge in [-0.25, -0.2) is 23.4 Å². The number of aromatic nitrogens is 4. The summed E-state index contributed by atoms with van der Waals surface area (Å²) in [7, 11) is -3.39. The first-order valence-electron chi connectivity index (χ1n) is 8.99. The monoisotopic (exact) mass is 422 g/mol. The van der Waals surface area contributed by atoms with Gasteiger partial charge in [0.15, 0.2) is 0 Å². The Hall–Kier alpha value is -3.79. The summed E-state index contributed by atoms with van der Waals surface area (Å²) in [5.41, 5.74) is 3.31. The third-order valence-electron chi connectivity index (χ3n) is 4.23. The number of carbonyl (C=O) groups excluding carboxylic acids is 1. The van der Waals surface area contributed by atoms with Gasteiger partial charge in [-0.05, 0) is 35.9 Å². The average molecular weight is 422 g/mol. The standard InChI is InChI=1S/C20H18N6O3S/c1-30(28,29)26-14-5-2-4-13(10-14)11-18(27)25-20-22-9-7-17(24-20)16-12-23-19-15(16)6-3-8-21-19/h2-10,12,26H,11H2,1H3,(H,21,23)(H,22,24,25,27). The summed E-state index contributed by atoms with van der Waals surface area (Å²) in [6, 6.07) is 12.2. The molecule has 0 unspecified atom stereocenters. The summed E-state index contributed by atoms with van der Waals surface area (Å²) in [4.78, 5) is 28.3. The number of hydrogen-bond donors (Lipinski definition) is 3. The highest BCUT2D eigenvalue weighted by Gasteiger charge is 2.11. The molecule has 0 bridgehead atoms. The molecule has 10 heteroatoms. The van der Waals surface area contributed by atoms with Gasteiger partial charge in [0.2, 0.25) is 21.9 Å². The molecule has 0 fully saturated rings. The second-order valence-corrected chi connectivity index (χ2v) is 8.42. The topological polar surface area (TPSA) is 130 Å². The smallest absolute Gasteiger partial charge is 0.231 e. The molecule has 0 saturated carbocycles. The lowest BCUT2D eigenvalue weighted by molar-refractivity contribution is -0.115. The molecule has 0 spiro atoms. The molecule has 4 rings (SSSR count). The molecule has 0 aliphatic rings. The number of nitrogens with one attached hydrogen (secondary N) is 3. The second kappa shape index (κ2) is 7.91. The van der Waals surface area contributed by atoms with Gasteiger partial charge in [-0.3, -0.25) is 14.8 Å². The minimum atomic E-state index is -3.39. The van der Waals surface area contributed by atoms with Crippen molar-refractivity contribution in [3.63, 3.8) is 0 Å². The maximum Gasteiger partial charge on any atom is 0.231 e. The number of fused-ring (bicyclic) bond motifs is 1. The van der Waals surface area contributed by atoms with Gasteiger partial charge in [0.1, 0.15) is 5.65 Å². The van der Waals surface area contributed by atoms with E-state index in [-0.39, 0.29) is 18.3 Å². The van der Waals surface area contributed by atoms with Crippen LogP contribution in [0, 0.1) is 0 Å². The molecule has 0 saturated heterocycles. The van der Waals surface area contributed by atoms with E-state index in [4.69, 9.17) is 0 Å². The first kappa shape index (κ1) is 19.5. The zero-order valence-electron chi connectivity index (χ0n) is 16.0. The Balaban J connectivity index is 1.49. The molecule has 0 aliphatic carbocycles. The molecular formula is C20H18N6O3S. The Morgan fingerprint density at radius 3 is 2.80 bits per heavy atom. The Morgan fingerprint density at radius 2 is 1.97 bits per heavy atom. The number of amides is 1. The van der Waals surface area contributed by atoms with Gasteiger partial charge < -0.3 is 4.98 Å². The van der Waals surface area contributed by atoms with Crippen LogP contribution in [0.3, 0.4) is 0 Å². The van der Waals surface area contributed by atoms with E-state index in [2.05, 4.69) is 30.0 Å². The van der Waals surface area contributed by atoms with Gasteiger partial charge in [0, 0.05) is 35.2 Å². The molecular weight excluding hydrogens is 404 g/mol. The van der Waals surface area contributed by atoms with Gasteiger partial charge in [-0.1, -0.05) is 12.1 Å². The van der Waals surface area contributed by atoms with Crippen molar-refractivity contribution in [2.24, 2.45) is 0 Å². The van der Waals surface area contributed by atoms with Crippen LogP contribution in [0.1, 0.15) is 5.56 Å². The van der Waals surface area contributed by atoms with Crippen LogP contribution >= 0.6 is 0 Å². The fraction of sp³-hybridized carbons (Fsp3) is 0.100. The molecule has 3 aromatic heterocycles. The Kier molecular flexibility index (Phi) is 5.15. The van der Waals surface area contributed by atoms with Crippen LogP contribution in [-0.2, 0) is 21.2 Å². The Morgan fingerprint density at radius 1 is 1.10 bits per heavy atom. The van der Waals surface area contributed by atoms with Crippen LogP contribution in [0.4, 0.5) is 11.6 Å². The highest BCUT2D eigenvalue weighted by atomic mass is 32.2. The molecule has 0 radical (unpaired) electrons. The SMILES string of the molecule is CS(=O)(=O)Nc1cccc(CC(=O)Nc2nccc(-c3c[nH]c4ncccc34)n2)c1. The zero-order valence-corrected chi connectivity index (χ0v) is 16.8. The molecule has 1 amide bonds. The van der Waals surface area contributed by atoms with E-state index >= 15 is 0 Å². The fourth-order valence-corrected chi connectivity index (χ4v) is 3.61. The van der Waals surface area contributed by atoms with Crippen LogP contribution < -0.4 is 10.0 Å². The second-order valence-electron chi connectivity index (χ2n) is 6.67. The largest absolute Gasteiger partial charge is 0.345 e. The Bertz CT molecular complexity index is 1330. The first-order chi connectivity index (χ1) is 14.4. The van der Waals surface area contributed by atoms with Gasteiger partial charge in [-0.15, -0.1) is 0 Å². The minimum Gasteiger partial charge on any atom is -0.345 e. The van der Waals surface area contributed by atoms with E-state index in [1.54, 1.807) is 42.7 Å². The molecule has 1 aromatic carbocycles. The zero-order chi connectivity index (χ0) is 21.1. The average Bonchev–Trinajstić information content (AvgIpc) is 3.11. The van der Waals surface area contributed by atoms with E-state index in [1.807, 2.05) is 18.3 Å². The lowest BCUT2D eigenvalue weighted by Gasteiger charge is -2.08. The third kappa shape index (κ3) is 4.61. The highest BCUT2D eigenvalue weighted by Crippen LogP contribution is 2.26. The highest BCUT2D eigenvalue weighted by molar-refractivity contribution is 7.92. The molecule has 9 nitrogen and oxygen atoms in total. The number of nitrogens with zero attached hydrogens (tertiary/aromatic N) is 3. The molecule has 4 aromatic rings. The summed E-state index contributed by atoms with van der Waals surface area (Å²) in [6.45, 7) is 0. The number of carbonyl (C=O) groups is 1. The fourth-order valence-electron chi connectivity index (χ4n) is 3.05. The van der Waals surface area contributed by atoms with E-state index in [0.29, 0.717) is 16.9 Å². The predicted octanol–water partition coefficient (Wildman–Crippen LogP) is 2.57. The van der Waals surface area contributed by atoms with Crippen molar-refractivity contribution in [2.75, 3.05) is 16.3 Å². The minimum absolute atomic E-state index is 0.0455. The maximum atomic E-state index is 12.4. The van der Waals surface area contributed by atoms with Crippen LogP contribution in [0.5, 0.6) is 0 Å². The molecule has 0 aliphatic heterocycles. The number of rotatable bonds is 6. The number of H-pyrrole nitrogens is 1. The van der Waals surface area contributed by atoms with Gasteiger partial charge in [0.25, 0.3) is 0 Å². The van der Waals surface area contributed by atoms with Crippen LogP contribution in [0.15, 0.2) is 61.1 Å². The van der Waals surface area contributed by atoms with Crippen molar-refractivity contribution < 1.29 is 13.2 Å². The summed E-state index contributed by atoms with van der Waals surface area (Å²) < 4.78 is 25.1. The lowest BCUT2D eigenvalue weighted by atomic mass is 10.1. The lowest BCUT2D eigenvalue weighted by Crippen LogP contribution is -2.16. The third-order valence-corrected chi connectivity index (χ3v) is 4.84. The molecule has 3 N–H and O–H groups in total. The molecule has 152 valence electrons. The first-order valence-corrected chi connectivity index (χ1v) is 10.9. The quantitative estimate of drug-likeness (QED) is 0.438. The van der Waals surface area contributed by atoms with Crippen LogP contribution in [0.25, 0.3) is 22.3 Å². The van der Waals surface area contributed by atoms with E-state index in [0.717, 1.165) is 22.9 Å². The van der Waals surface area contributed by atoms with Crippen molar-refractivity contribution in [2.45, 2.75) is 6.42 Å². The Labute approximate surface area is 172 Å². The van der Waals surface area contributed by atoms with Gasteiger partial charge >= 0.3 is 0 Å². The van der Waals surface area contributed by atoms with Crippen molar-refractivity contribution in [3.05, 3.63) is 66.6 Å². The van der Waals surface area contributed by atoms with Gasteiger partial charge in [0.05, 0.1) is 18.4 Å². The van der Waals surface area contributed by atoms with E-state index in [9.17, 15) is 13.2 Å². The molecule has 3 heterocycles.